The van der Waals surface area contributed by atoms with Crippen LogP contribution < -0.4 is 15.4 Å². The molecule has 0 saturated carbocycles. The van der Waals surface area contributed by atoms with Crippen LogP contribution in [0.25, 0.3) is 0 Å². The zero-order valence-corrected chi connectivity index (χ0v) is 26.4. The molecule has 0 aliphatic carbocycles. The summed E-state index contributed by atoms with van der Waals surface area (Å²) in [4.78, 5) is 19.3. The number of guanidine groups is 1. The molecule has 2 unspecified atom stereocenters. The van der Waals surface area contributed by atoms with Crippen molar-refractivity contribution in [2.24, 2.45) is 10.9 Å². The number of likely N-dealkylation sites (tertiary alicyclic amines) is 1. The Morgan fingerprint density at radius 2 is 1.89 bits per heavy atom. The standard InChI is InChI=1S/C26H33BrCl2N4O3.BrH/c1-6-30-24(33-14-16(2)22(15-33)32-25(34)36-26(3,4)5)31-13-17-7-8-18(27)11-23(17)35-19-9-10-20(28)21(29)12-19;/h7-12,16,22H,6,13-15H2,1-5H3,(H,30,31)(H,32,34);1H. The molecule has 2 N–H and O–H groups in total. The fourth-order valence-corrected chi connectivity index (χ4v) is 4.42. The summed E-state index contributed by atoms with van der Waals surface area (Å²) in [5.74, 6) is 2.27. The van der Waals surface area contributed by atoms with Crippen molar-refractivity contribution in [2.45, 2.75) is 52.8 Å². The summed E-state index contributed by atoms with van der Waals surface area (Å²) < 4.78 is 12.4. The largest absolute Gasteiger partial charge is 0.457 e. The van der Waals surface area contributed by atoms with Crippen LogP contribution in [0.3, 0.4) is 0 Å². The van der Waals surface area contributed by atoms with Crippen LogP contribution in [0.1, 0.15) is 40.2 Å². The van der Waals surface area contributed by atoms with E-state index in [-0.39, 0.29) is 28.9 Å². The van der Waals surface area contributed by atoms with Crippen molar-refractivity contribution >= 4 is 68.2 Å². The minimum atomic E-state index is -0.538. The molecule has 0 spiro atoms. The van der Waals surface area contributed by atoms with Gasteiger partial charge < -0.3 is 25.0 Å². The Hall–Kier alpha value is -1.68. The highest BCUT2D eigenvalue weighted by atomic mass is 79.9. The third-order valence-corrected chi connectivity index (χ3v) is 6.73. The van der Waals surface area contributed by atoms with Crippen LogP contribution in [-0.2, 0) is 11.3 Å². The Labute approximate surface area is 248 Å². The van der Waals surface area contributed by atoms with Crippen molar-refractivity contribution in [3.05, 3.63) is 56.5 Å². The molecule has 2 aromatic rings. The summed E-state index contributed by atoms with van der Waals surface area (Å²) >= 11 is 15.7. The molecule has 1 heterocycles. The molecule has 0 bridgehead atoms. The molecule has 0 aromatic heterocycles. The van der Waals surface area contributed by atoms with Gasteiger partial charge in [0, 0.05) is 35.7 Å². The van der Waals surface area contributed by atoms with Crippen molar-refractivity contribution in [3.8, 4) is 11.5 Å². The molecule has 1 aliphatic heterocycles. The van der Waals surface area contributed by atoms with Gasteiger partial charge in [-0.2, -0.15) is 0 Å². The molecule has 1 aliphatic rings. The van der Waals surface area contributed by atoms with E-state index in [2.05, 4.69) is 38.4 Å². The van der Waals surface area contributed by atoms with Crippen molar-refractivity contribution in [1.82, 2.24) is 15.5 Å². The number of aliphatic imine (C=N–C) groups is 1. The maximum Gasteiger partial charge on any atom is 0.407 e. The van der Waals surface area contributed by atoms with E-state index in [1.54, 1.807) is 18.2 Å². The Balaban J connectivity index is 0.00000481. The van der Waals surface area contributed by atoms with Crippen molar-refractivity contribution < 1.29 is 14.3 Å². The first kappa shape index (κ1) is 31.5. The Morgan fingerprint density at radius 3 is 2.54 bits per heavy atom. The number of halogens is 4. The molecule has 2 atom stereocenters. The number of nitrogens with one attached hydrogen (secondary N) is 2. The van der Waals surface area contributed by atoms with Crippen LogP contribution in [0.2, 0.25) is 10.0 Å². The first-order valence-corrected chi connectivity index (χ1v) is 13.4. The second-order valence-corrected chi connectivity index (χ2v) is 11.5. The summed E-state index contributed by atoms with van der Waals surface area (Å²) in [6.45, 7) is 12.2. The average molecular weight is 681 g/mol. The number of ether oxygens (including phenoxy) is 2. The number of carbonyl (C=O) groups is 1. The number of rotatable bonds is 6. The number of benzene rings is 2. The van der Waals surface area contributed by atoms with Gasteiger partial charge in [0.1, 0.15) is 17.1 Å². The summed E-state index contributed by atoms with van der Waals surface area (Å²) in [6.07, 6.45) is -0.401. The summed E-state index contributed by atoms with van der Waals surface area (Å²) in [6, 6.07) is 11.0. The third-order valence-electron chi connectivity index (χ3n) is 5.50. The summed E-state index contributed by atoms with van der Waals surface area (Å²) in [5, 5.41) is 7.27. The number of hydrogen-bond acceptors (Lipinski definition) is 4. The van der Waals surface area contributed by atoms with Crippen molar-refractivity contribution in [1.29, 1.82) is 0 Å². The Bertz CT molecular complexity index is 1110. The molecule has 204 valence electrons. The SMILES string of the molecule is Br.CCNC(=NCc1ccc(Br)cc1Oc1ccc(Cl)c(Cl)c1)N1CC(C)C(NC(=O)OC(C)(C)C)C1. The van der Waals surface area contributed by atoms with Crippen molar-refractivity contribution in [2.75, 3.05) is 19.6 Å². The zero-order valence-electron chi connectivity index (χ0n) is 21.6. The van der Waals surface area contributed by atoms with Gasteiger partial charge in [-0.05, 0) is 57.9 Å². The fourth-order valence-electron chi connectivity index (χ4n) is 3.79. The molecular weight excluding hydrogens is 647 g/mol. The molecule has 11 heteroatoms. The predicted molar refractivity (Wildman–Crippen MR) is 160 cm³/mol. The molecule has 1 saturated heterocycles. The summed E-state index contributed by atoms with van der Waals surface area (Å²) in [5.41, 5.74) is 0.374. The van der Waals surface area contributed by atoms with Gasteiger partial charge >= 0.3 is 6.09 Å². The van der Waals surface area contributed by atoms with Gasteiger partial charge in [-0.25, -0.2) is 9.79 Å². The molecule has 1 amide bonds. The number of alkyl carbamates (subject to hydrolysis) is 1. The van der Waals surface area contributed by atoms with Gasteiger partial charge in [0.2, 0.25) is 0 Å². The molecule has 2 aromatic carbocycles. The highest BCUT2D eigenvalue weighted by Gasteiger charge is 2.33. The van der Waals surface area contributed by atoms with E-state index in [1.807, 2.05) is 45.9 Å². The van der Waals surface area contributed by atoms with E-state index in [1.165, 1.54) is 0 Å². The number of nitrogens with zero attached hydrogens (tertiary/aromatic N) is 2. The monoisotopic (exact) mass is 678 g/mol. The van der Waals surface area contributed by atoms with Gasteiger partial charge in [0.15, 0.2) is 5.96 Å². The van der Waals surface area contributed by atoms with E-state index in [4.69, 9.17) is 37.7 Å². The number of hydrogen-bond donors (Lipinski definition) is 2. The number of amides is 1. The van der Waals surface area contributed by atoms with Gasteiger partial charge in [-0.3, -0.25) is 0 Å². The molecule has 3 rings (SSSR count). The van der Waals surface area contributed by atoms with Crippen LogP contribution in [0.4, 0.5) is 4.79 Å². The van der Waals surface area contributed by atoms with Crippen LogP contribution in [0, 0.1) is 5.92 Å². The fraction of sp³-hybridized carbons (Fsp3) is 0.462. The predicted octanol–water partition coefficient (Wildman–Crippen LogP) is 7.44. The summed E-state index contributed by atoms with van der Waals surface area (Å²) in [7, 11) is 0. The lowest BCUT2D eigenvalue weighted by atomic mass is 10.1. The van der Waals surface area contributed by atoms with Gasteiger partial charge in [0.25, 0.3) is 0 Å². The van der Waals surface area contributed by atoms with Crippen LogP contribution in [-0.4, -0.2) is 48.2 Å². The molecular formula is C26H34Br2Cl2N4O3. The van der Waals surface area contributed by atoms with E-state index in [0.717, 1.165) is 29.1 Å². The molecule has 1 fully saturated rings. The van der Waals surface area contributed by atoms with Crippen LogP contribution in [0.5, 0.6) is 11.5 Å². The van der Waals surface area contributed by atoms with E-state index >= 15 is 0 Å². The minimum Gasteiger partial charge on any atom is -0.457 e. The lowest BCUT2D eigenvalue weighted by Crippen LogP contribution is -2.44. The minimum absolute atomic E-state index is 0. The normalized spacial score (nSPS) is 17.7. The van der Waals surface area contributed by atoms with Gasteiger partial charge in [-0.1, -0.05) is 52.1 Å². The third kappa shape index (κ3) is 9.53. The zero-order chi connectivity index (χ0) is 26.5. The maximum atomic E-state index is 12.3. The second-order valence-electron chi connectivity index (χ2n) is 9.74. The Morgan fingerprint density at radius 1 is 1.16 bits per heavy atom. The van der Waals surface area contributed by atoms with Gasteiger partial charge in [0.05, 0.1) is 22.6 Å². The topological polar surface area (TPSA) is 75.2 Å². The first-order chi connectivity index (χ1) is 16.9. The first-order valence-electron chi connectivity index (χ1n) is 11.9. The lowest BCUT2D eigenvalue weighted by molar-refractivity contribution is 0.0498. The quantitative estimate of drug-likeness (QED) is 0.245. The van der Waals surface area contributed by atoms with E-state index in [9.17, 15) is 4.79 Å². The van der Waals surface area contributed by atoms with Crippen molar-refractivity contribution in [3.63, 3.8) is 0 Å². The highest BCUT2D eigenvalue weighted by molar-refractivity contribution is 9.10. The van der Waals surface area contributed by atoms with Crippen LogP contribution in [0.15, 0.2) is 45.9 Å². The molecule has 0 radical (unpaired) electrons. The Kier molecular flexibility index (Phi) is 11.9. The molecule has 7 nitrogen and oxygen atoms in total. The highest BCUT2D eigenvalue weighted by Crippen LogP contribution is 2.33. The maximum absolute atomic E-state index is 12.3. The second kappa shape index (κ2) is 13.9. The van der Waals surface area contributed by atoms with E-state index in [0.29, 0.717) is 34.6 Å². The average Bonchev–Trinajstić information content (AvgIpc) is 3.13. The number of carbonyl (C=O) groups excluding carboxylic acids is 1. The molecule has 37 heavy (non-hydrogen) atoms. The van der Waals surface area contributed by atoms with E-state index < -0.39 is 11.7 Å². The smallest absolute Gasteiger partial charge is 0.407 e. The lowest BCUT2D eigenvalue weighted by Gasteiger charge is -2.24. The van der Waals surface area contributed by atoms with Crippen LogP contribution >= 0.6 is 56.1 Å². The van der Waals surface area contributed by atoms with Gasteiger partial charge in [-0.15, -0.1) is 17.0 Å².